The maximum absolute atomic E-state index is 12.6. The van der Waals surface area contributed by atoms with Crippen molar-refractivity contribution in [3.05, 3.63) is 29.8 Å². The summed E-state index contributed by atoms with van der Waals surface area (Å²) in [5, 5.41) is 0. The zero-order valence-corrected chi connectivity index (χ0v) is 16.6. The van der Waals surface area contributed by atoms with Crippen molar-refractivity contribution in [3.8, 4) is 0 Å². The van der Waals surface area contributed by atoms with Gasteiger partial charge in [0.25, 0.3) is 0 Å². The second-order valence-electron chi connectivity index (χ2n) is 7.02. The monoisotopic (exact) mass is 395 g/mol. The highest BCUT2D eigenvalue weighted by atomic mass is 35.5. The molecule has 1 saturated heterocycles. The van der Waals surface area contributed by atoms with Gasteiger partial charge in [0.2, 0.25) is 11.8 Å². The fourth-order valence-electron chi connectivity index (χ4n) is 3.71. The number of rotatable bonds is 7. The highest BCUT2D eigenvalue weighted by Crippen LogP contribution is 2.27. The molecule has 6 nitrogen and oxygen atoms in total. The molecule has 0 bridgehead atoms. The maximum Gasteiger partial charge on any atom is 0.227 e. The van der Waals surface area contributed by atoms with Gasteiger partial charge < -0.3 is 20.3 Å². The van der Waals surface area contributed by atoms with Gasteiger partial charge >= 0.3 is 0 Å². The number of nitrogens with zero attached hydrogens (tertiary/aromatic N) is 2. The summed E-state index contributed by atoms with van der Waals surface area (Å²) < 4.78 is 5.79. The lowest BCUT2D eigenvalue weighted by Gasteiger charge is -2.33. The van der Waals surface area contributed by atoms with Gasteiger partial charge in [-0.25, -0.2) is 0 Å². The lowest BCUT2D eigenvalue weighted by Crippen LogP contribution is -2.43. The second-order valence-corrected chi connectivity index (χ2v) is 7.02. The third-order valence-corrected chi connectivity index (χ3v) is 5.24. The summed E-state index contributed by atoms with van der Waals surface area (Å²) in [5.41, 5.74) is 7.63. The van der Waals surface area contributed by atoms with Crippen molar-refractivity contribution in [2.24, 2.45) is 5.73 Å². The number of nitrogens with two attached hydrogens (primary N) is 1. The summed E-state index contributed by atoms with van der Waals surface area (Å²) in [5.74, 6) is 0.241. The third-order valence-electron chi connectivity index (χ3n) is 5.24. The number of hydrogen-bond acceptors (Lipinski definition) is 4. The number of amides is 2. The average Bonchev–Trinajstić information content (AvgIpc) is 2.68. The predicted molar refractivity (Wildman–Crippen MR) is 108 cm³/mol. The van der Waals surface area contributed by atoms with Crippen molar-refractivity contribution in [1.82, 2.24) is 4.90 Å². The molecular weight excluding hydrogens is 366 g/mol. The number of benzene rings is 1. The topological polar surface area (TPSA) is 75.9 Å². The van der Waals surface area contributed by atoms with Crippen LogP contribution in [0.5, 0.6) is 0 Å². The number of likely N-dealkylation sites (tertiary alicyclic amines) is 1. The standard InChI is InChI=1S/C20H29N3O3.ClH/c21-11-3-15-26-17-8-12-22(13-9-17)19(24)10-14-23-18-5-2-1-4-16(18)6-7-20(23)25;/h1-2,4-5,17H,3,6-15,21H2;1H. The summed E-state index contributed by atoms with van der Waals surface area (Å²) in [6, 6.07) is 7.98. The van der Waals surface area contributed by atoms with Crippen LogP contribution in [0.15, 0.2) is 24.3 Å². The van der Waals surface area contributed by atoms with E-state index in [4.69, 9.17) is 10.5 Å². The number of aryl methyl sites for hydroxylation is 1. The summed E-state index contributed by atoms with van der Waals surface area (Å²) >= 11 is 0. The predicted octanol–water partition coefficient (Wildman–Crippen LogP) is 2.13. The van der Waals surface area contributed by atoms with Crippen LogP contribution in [0.1, 0.15) is 37.7 Å². The first-order valence-corrected chi connectivity index (χ1v) is 9.66. The average molecular weight is 396 g/mol. The Kier molecular flexibility index (Phi) is 8.54. The Hall–Kier alpha value is -1.63. The Morgan fingerprint density at radius 3 is 2.67 bits per heavy atom. The molecule has 7 heteroatoms. The van der Waals surface area contributed by atoms with E-state index in [-0.39, 0.29) is 30.3 Å². The van der Waals surface area contributed by atoms with Crippen LogP contribution in [0.3, 0.4) is 0 Å². The van der Waals surface area contributed by atoms with Crippen LogP contribution in [-0.4, -0.2) is 55.6 Å². The highest BCUT2D eigenvalue weighted by Gasteiger charge is 2.27. The van der Waals surface area contributed by atoms with Crippen molar-refractivity contribution < 1.29 is 14.3 Å². The van der Waals surface area contributed by atoms with E-state index < -0.39 is 0 Å². The first kappa shape index (κ1) is 21.7. The van der Waals surface area contributed by atoms with Crippen LogP contribution < -0.4 is 10.6 Å². The summed E-state index contributed by atoms with van der Waals surface area (Å²) in [7, 11) is 0. The molecule has 2 amide bonds. The van der Waals surface area contributed by atoms with Gasteiger partial charge in [-0.2, -0.15) is 0 Å². The smallest absolute Gasteiger partial charge is 0.227 e. The van der Waals surface area contributed by atoms with Crippen LogP contribution in [0.2, 0.25) is 0 Å². The minimum Gasteiger partial charge on any atom is -0.378 e. The Bertz CT molecular complexity index is 633. The molecule has 1 aromatic carbocycles. The van der Waals surface area contributed by atoms with E-state index in [2.05, 4.69) is 6.07 Å². The number of fused-ring (bicyclic) bond motifs is 1. The van der Waals surface area contributed by atoms with Crippen molar-refractivity contribution in [3.63, 3.8) is 0 Å². The molecule has 2 heterocycles. The van der Waals surface area contributed by atoms with E-state index in [9.17, 15) is 9.59 Å². The van der Waals surface area contributed by atoms with E-state index in [1.54, 1.807) is 4.90 Å². The van der Waals surface area contributed by atoms with Crippen LogP contribution in [-0.2, 0) is 20.7 Å². The van der Waals surface area contributed by atoms with Gasteiger partial charge in [-0.05, 0) is 43.9 Å². The fourth-order valence-corrected chi connectivity index (χ4v) is 3.71. The van der Waals surface area contributed by atoms with Crippen LogP contribution >= 0.6 is 12.4 Å². The number of hydrogen-bond donors (Lipinski definition) is 1. The zero-order valence-electron chi connectivity index (χ0n) is 15.8. The van der Waals surface area contributed by atoms with Gasteiger partial charge in [0.1, 0.15) is 0 Å². The Balaban J connectivity index is 0.00000261. The molecule has 1 fully saturated rings. The SMILES string of the molecule is Cl.NCCCOC1CCN(C(=O)CCN2C(=O)CCc3ccccc32)CC1. The molecule has 0 spiro atoms. The number of piperidine rings is 1. The summed E-state index contributed by atoms with van der Waals surface area (Å²) in [6.07, 6.45) is 4.56. The van der Waals surface area contributed by atoms with Crippen molar-refractivity contribution in [2.45, 2.75) is 44.6 Å². The molecule has 0 aliphatic carbocycles. The van der Waals surface area contributed by atoms with Gasteiger partial charge in [-0.1, -0.05) is 18.2 Å². The van der Waals surface area contributed by atoms with E-state index in [1.165, 1.54) is 5.56 Å². The number of anilines is 1. The molecule has 150 valence electrons. The first-order valence-electron chi connectivity index (χ1n) is 9.66. The number of carbonyl (C=O) groups is 2. The number of para-hydroxylation sites is 1. The normalized spacial score (nSPS) is 17.4. The molecule has 0 atom stereocenters. The number of ether oxygens (including phenoxy) is 1. The summed E-state index contributed by atoms with van der Waals surface area (Å²) in [4.78, 5) is 28.5. The number of halogens is 1. The third kappa shape index (κ3) is 5.67. The van der Waals surface area contributed by atoms with Crippen LogP contribution in [0.25, 0.3) is 0 Å². The fraction of sp³-hybridized carbons (Fsp3) is 0.600. The van der Waals surface area contributed by atoms with Crippen LogP contribution in [0.4, 0.5) is 5.69 Å². The molecule has 3 rings (SSSR count). The lowest BCUT2D eigenvalue weighted by atomic mass is 10.0. The van der Waals surface area contributed by atoms with Crippen molar-refractivity contribution in [1.29, 1.82) is 0 Å². The molecule has 2 N–H and O–H groups in total. The van der Waals surface area contributed by atoms with Gasteiger partial charge in [0, 0.05) is 44.8 Å². The largest absolute Gasteiger partial charge is 0.378 e. The van der Waals surface area contributed by atoms with Gasteiger partial charge in [0.05, 0.1) is 6.10 Å². The Morgan fingerprint density at radius 1 is 1.19 bits per heavy atom. The van der Waals surface area contributed by atoms with E-state index in [0.29, 0.717) is 32.5 Å². The molecule has 0 radical (unpaired) electrons. The molecule has 27 heavy (non-hydrogen) atoms. The maximum atomic E-state index is 12.6. The molecular formula is C20H30ClN3O3. The first-order chi connectivity index (χ1) is 12.7. The lowest BCUT2D eigenvalue weighted by molar-refractivity contribution is -0.133. The van der Waals surface area contributed by atoms with Crippen LogP contribution in [0, 0.1) is 0 Å². The van der Waals surface area contributed by atoms with Gasteiger partial charge in [-0.3, -0.25) is 9.59 Å². The second kappa shape index (κ2) is 10.6. The van der Waals surface area contributed by atoms with E-state index in [0.717, 1.165) is 44.5 Å². The van der Waals surface area contributed by atoms with Crippen molar-refractivity contribution in [2.75, 3.05) is 37.7 Å². The minimum absolute atomic E-state index is 0. The molecule has 0 unspecified atom stereocenters. The number of carbonyl (C=O) groups excluding carboxylic acids is 2. The van der Waals surface area contributed by atoms with Gasteiger partial charge in [-0.15, -0.1) is 12.4 Å². The van der Waals surface area contributed by atoms with E-state index in [1.807, 2.05) is 23.1 Å². The quantitative estimate of drug-likeness (QED) is 0.717. The Morgan fingerprint density at radius 2 is 1.93 bits per heavy atom. The van der Waals surface area contributed by atoms with Crippen molar-refractivity contribution >= 4 is 29.9 Å². The molecule has 0 saturated carbocycles. The van der Waals surface area contributed by atoms with Gasteiger partial charge in [0.15, 0.2) is 0 Å². The van der Waals surface area contributed by atoms with E-state index >= 15 is 0 Å². The molecule has 2 aliphatic heterocycles. The molecule has 1 aromatic rings. The molecule has 2 aliphatic rings. The summed E-state index contributed by atoms with van der Waals surface area (Å²) in [6.45, 7) is 3.27. The zero-order chi connectivity index (χ0) is 18.4. The minimum atomic E-state index is 0. The highest BCUT2D eigenvalue weighted by molar-refractivity contribution is 5.97. The molecule has 0 aromatic heterocycles. The Labute approximate surface area is 167 Å².